The first-order chi connectivity index (χ1) is 12.6. The minimum atomic E-state index is 0.395. The van der Waals surface area contributed by atoms with Crippen molar-refractivity contribution in [1.29, 1.82) is 0 Å². The summed E-state index contributed by atoms with van der Waals surface area (Å²) in [4.78, 5) is 10.4. The standard InChI is InChI=1S/C20H30N4OS/c1-5-21-20(23-12-19-24-16(3)17(4)26-19)22-11-15(2)13-25-14-18-9-7-6-8-10-18/h6-10,15H,5,11-14H2,1-4H3,(H2,21,22,23). The van der Waals surface area contributed by atoms with Gasteiger partial charge >= 0.3 is 0 Å². The van der Waals surface area contributed by atoms with Gasteiger partial charge in [-0.3, -0.25) is 0 Å². The highest BCUT2D eigenvalue weighted by molar-refractivity contribution is 7.11. The SMILES string of the molecule is CCNC(=NCc1nc(C)c(C)s1)NCC(C)COCc1ccccc1. The van der Waals surface area contributed by atoms with E-state index in [-0.39, 0.29) is 0 Å². The van der Waals surface area contributed by atoms with Crippen LogP contribution in [0.15, 0.2) is 35.3 Å². The first-order valence-electron chi connectivity index (χ1n) is 9.15. The molecule has 0 saturated heterocycles. The van der Waals surface area contributed by atoms with E-state index in [1.807, 2.05) is 25.1 Å². The summed E-state index contributed by atoms with van der Waals surface area (Å²) in [6, 6.07) is 10.3. The number of benzene rings is 1. The van der Waals surface area contributed by atoms with Crippen molar-refractivity contribution < 1.29 is 4.74 Å². The minimum Gasteiger partial charge on any atom is -0.376 e. The number of hydrogen-bond acceptors (Lipinski definition) is 4. The Balaban J connectivity index is 1.74. The van der Waals surface area contributed by atoms with E-state index in [1.54, 1.807) is 11.3 Å². The average molecular weight is 375 g/mol. The molecule has 0 aliphatic heterocycles. The van der Waals surface area contributed by atoms with Crippen LogP contribution >= 0.6 is 11.3 Å². The molecule has 0 fully saturated rings. The molecule has 2 N–H and O–H groups in total. The summed E-state index contributed by atoms with van der Waals surface area (Å²) in [7, 11) is 0. The molecule has 1 aromatic carbocycles. The fourth-order valence-electron chi connectivity index (χ4n) is 2.38. The Morgan fingerprint density at radius 2 is 2.00 bits per heavy atom. The summed E-state index contributed by atoms with van der Waals surface area (Å²) < 4.78 is 5.81. The maximum absolute atomic E-state index is 5.81. The van der Waals surface area contributed by atoms with Crippen LogP contribution in [0.5, 0.6) is 0 Å². The molecule has 0 radical (unpaired) electrons. The molecule has 2 rings (SSSR count). The number of ether oxygens (including phenoxy) is 1. The van der Waals surface area contributed by atoms with Crippen molar-refractivity contribution in [2.45, 2.75) is 40.8 Å². The Morgan fingerprint density at radius 1 is 1.23 bits per heavy atom. The molecule has 0 aliphatic carbocycles. The quantitative estimate of drug-likeness (QED) is 0.519. The maximum Gasteiger partial charge on any atom is 0.191 e. The van der Waals surface area contributed by atoms with Crippen LogP contribution in [0, 0.1) is 19.8 Å². The van der Waals surface area contributed by atoms with Crippen LogP contribution in [-0.4, -0.2) is 30.6 Å². The highest BCUT2D eigenvalue weighted by atomic mass is 32.1. The summed E-state index contributed by atoms with van der Waals surface area (Å²) in [6.45, 7) is 12.0. The smallest absolute Gasteiger partial charge is 0.191 e. The van der Waals surface area contributed by atoms with Crippen LogP contribution in [0.3, 0.4) is 0 Å². The number of nitrogens with zero attached hydrogens (tertiary/aromatic N) is 2. The monoisotopic (exact) mass is 374 g/mol. The van der Waals surface area contributed by atoms with Gasteiger partial charge in [-0.05, 0) is 32.3 Å². The summed E-state index contributed by atoms with van der Waals surface area (Å²) in [5, 5.41) is 7.74. The van der Waals surface area contributed by atoms with E-state index in [0.717, 1.165) is 29.8 Å². The lowest BCUT2D eigenvalue weighted by atomic mass is 10.2. The second-order valence-electron chi connectivity index (χ2n) is 6.43. The maximum atomic E-state index is 5.81. The van der Waals surface area contributed by atoms with Crippen LogP contribution in [0.25, 0.3) is 0 Å². The van der Waals surface area contributed by atoms with Crippen molar-refractivity contribution in [1.82, 2.24) is 15.6 Å². The Labute approximate surface area is 160 Å². The van der Waals surface area contributed by atoms with E-state index >= 15 is 0 Å². The van der Waals surface area contributed by atoms with E-state index < -0.39 is 0 Å². The zero-order chi connectivity index (χ0) is 18.8. The fraction of sp³-hybridized carbons (Fsp3) is 0.500. The second kappa shape index (κ2) is 10.9. The third-order valence-electron chi connectivity index (χ3n) is 3.92. The van der Waals surface area contributed by atoms with Crippen molar-refractivity contribution in [2.24, 2.45) is 10.9 Å². The van der Waals surface area contributed by atoms with Crippen molar-refractivity contribution in [3.05, 3.63) is 51.5 Å². The molecule has 0 spiro atoms. The van der Waals surface area contributed by atoms with Gasteiger partial charge in [0.2, 0.25) is 0 Å². The Morgan fingerprint density at radius 3 is 2.65 bits per heavy atom. The van der Waals surface area contributed by atoms with Gasteiger partial charge in [0.05, 0.1) is 25.5 Å². The van der Waals surface area contributed by atoms with Crippen molar-refractivity contribution in [3.63, 3.8) is 0 Å². The Hall–Kier alpha value is -1.92. The number of aromatic nitrogens is 1. The highest BCUT2D eigenvalue weighted by Gasteiger charge is 2.06. The van der Waals surface area contributed by atoms with Gasteiger partial charge in [0.1, 0.15) is 5.01 Å². The summed E-state index contributed by atoms with van der Waals surface area (Å²) in [5.41, 5.74) is 2.30. The molecular formula is C20H30N4OS. The lowest BCUT2D eigenvalue weighted by Gasteiger charge is -2.16. The number of hydrogen-bond donors (Lipinski definition) is 2. The normalized spacial score (nSPS) is 12.8. The average Bonchev–Trinajstić information content (AvgIpc) is 2.96. The van der Waals surface area contributed by atoms with E-state index in [4.69, 9.17) is 4.74 Å². The molecule has 0 amide bonds. The van der Waals surface area contributed by atoms with Crippen LogP contribution in [0.1, 0.15) is 35.0 Å². The molecule has 0 bridgehead atoms. The van der Waals surface area contributed by atoms with Gasteiger partial charge in [0.15, 0.2) is 5.96 Å². The second-order valence-corrected chi connectivity index (χ2v) is 7.72. The first kappa shape index (κ1) is 20.4. The van der Waals surface area contributed by atoms with Gasteiger partial charge in [-0.25, -0.2) is 9.98 Å². The van der Waals surface area contributed by atoms with Crippen molar-refractivity contribution in [2.75, 3.05) is 19.7 Å². The zero-order valence-electron chi connectivity index (χ0n) is 16.2. The van der Waals surface area contributed by atoms with E-state index in [0.29, 0.717) is 25.7 Å². The molecule has 1 heterocycles. The molecular weight excluding hydrogens is 344 g/mol. The molecule has 0 aliphatic rings. The topological polar surface area (TPSA) is 58.5 Å². The van der Waals surface area contributed by atoms with Gasteiger partial charge in [-0.1, -0.05) is 37.3 Å². The summed E-state index contributed by atoms with van der Waals surface area (Å²) in [6.07, 6.45) is 0. The Kier molecular flexibility index (Phi) is 8.58. The molecule has 0 saturated carbocycles. The highest BCUT2D eigenvalue weighted by Crippen LogP contribution is 2.16. The fourth-order valence-corrected chi connectivity index (χ4v) is 3.24. The Bertz CT molecular complexity index is 665. The predicted octanol–water partition coefficient (Wildman–Crippen LogP) is 3.67. The largest absolute Gasteiger partial charge is 0.376 e. The third-order valence-corrected chi connectivity index (χ3v) is 4.98. The predicted molar refractivity (Wildman–Crippen MR) is 110 cm³/mol. The van der Waals surface area contributed by atoms with Gasteiger partial charge in [-0.2, -0.15) is 0 Å². The lowest BCUT2D eigenvalue weighted by Crippen LogP contribution is -2.40. The molecule has 1 aromatic heterocycles. The van der Waals surface area contributed by atoms with E-state index in [9.17, 15) is 0 Å². The van der Waals surface area contributed by atoms with Gasteiger partial charge < -0.3 is 15.4 Å². The molecule has 5 nitrogen and oxygen atoms in total. The van der Waals surface area contributed by atoms with Crippen LogP contribution in [0.2, 0.25) is 0 Å². The molecule has 142 valence electrons. The number of nitrogens with one attached hydrogen (secondary N) is 2. The van der Waals surface area contributed by atoms with Gasteiger partial charge in [0, 0.05) is 18.0 Å². The molecule has 1 unspecified atom stereocenters. The molecule has 1 atom stereocenters. The number of thiazole rings is 1. The molecule has 26 heavy (non-hydrogen) atoms. The minimum absolute atomic E-state index is 0.395. The van der Waals surface area contributed by atoms with Crippen LogP contribution < -0.4 is 10.6 Å². The summed E-state index contributed by atoms with van der Waals surface area (Å²) >= 11 is 1.71. The van der Waals surface area contributed by atoms with Crippen molar-refractivity contribution >= 4 is 17.3 Å². The van der Waals surface area contributed by atoms with E-state index in [2.05, 4.69) is 53.5 Å². The van der Waals surface area contributed by atoms with Crippen LogP contribution in [-0.2, 0) is 17.9 Å². The van der Waals surface area contributed by atoms with Crippen molar-refractivity contribution in [3.8, 4) is 0 Å². The number of rotatable bonds is 9. The van der Waals surface area contributed by atoms with E-state index in [1.165, 1.54) is 10.4 Å². The van der Waals surface area contributed by atoms with Crippen LogP contribution in [0.4, 0.5) is 0 Å². The summed E-state index contributed by atoms with van der Waals surface area (Å²) in [5.74, 6) is 1.22. The number of aliphatic imine (C=N–C) groups is 1. The lowest BCUT2D eigenvalue weighted by molar-refractivity contribution is 0.0931. The first-order valence-corrected chi connectivity index (χ1v) is 9.96. The third kappa shape index (κ3) is 7.14. The van der Waals surface area contributed by atoms with Gasteiger partial charge in [-0.15, -0.1) is 11.3 Å². The van der Waals surface area contributed by atoms with Gasteiger partial charge in [0.25, 0.3) is 0 Å². The molecule has 2 aromatic rings. The number of guanidine groups is 1. The molecule has 6 heteroatoms. The number of aryl methyl sites for hydroxylation is 2. The zero-order valence-corrected chi connectivity index (χ0v) is 17.0.